The van der Waals surface area contributed by atoms with E-state index < -0.39 is 10.0 Å². The molecule has 4 nitrogen and oxygen atoms in total. The first-order valence-corrected chi connectivity index (χ1v) is 9.21. The maximum absolute atomic E-state index is 12.7. The second-order valence-corrected chi connectivity index (χ2v) is 7.81. The van der Waals surface area contributed by atoms with Gasteiger partial charge >= 0.3 is 0 Å². The lowest BCUT2D eigenvalue weighted by molar-refractivity contribution is 0.286. The Morgan fingerprint density at radius 3 is 2.33 bits per heavy atom. The van der Waals surface area contributed by atoms with Crippen LogP contribution in [0.1, 0.15) is 37.7 Å². The number of benzene rings is 1. The normalized spacial score (nSPS) is 17.3. The van der Waals surface area contributed by atoms with Crippen molar-refractivity contribution in [3.05, 3.63) is 29.8 Å². The second kappa shape index (κ2) is 7.38. The van der Waals surface area contributed by atoms with Crippen molar-refractivity contribution in [2.24, 2.45) is 0 Å². The van der Waals surface area contributed by atoms with Crippen LogP contribution in [-0.2, 0) is 16.4 Å². The van der Waals surface area contributed by atoms with Crippen molar-refractivity contribution in [1.82, 2.24) is 9.62 Å². The molecular formula is C16H26N2O2S. The van der Waals surface area contributed by atoms with E-state index in [1.54, 1.807) is 23.5 Å². The summed E-state index contributed by atoms with van der Waals surface area (Å²) in [5.41, 5.74) is 1.16. The highest BCUT2D eigenvalue weighted by Crippen LogP contribution is 2.26. The second-order valence-electron chi connectivity index (χ2n) is 5.81. The van der Waals surface area contributed by atoms with Crippen LogP contribution in [-0.4, -0.2) is 39.4 Å². The maximum Gasteiger partial charge on any atom is 0.243 e. The van der Waals surface area contributed by atoms with Crippen LogP contribution in [0.3, 0.4) is 0 Å². The molecular weight excluding hydrogens is 284 g/mol. The van der Waals surface area contributed by atoms with Crippen molar-refractivity contribution in [1.29, 1.82) is 0 Å². The van der Waals surface area contributed by atoms with E-state index in [0.29, 0.717) is 4.90 Å². The first kappa shape index (κ1) is 16.5. The van der Waals surface area contributed by atoms with Crippen LogP contribution >= 0.6 is 0 Å². The van der Waals surface area contributed by atoms with Crippen LogP contribution in [0.5, 0.6) is 0 Å². The lowest BCUT2D eigenvalue weighted by atomic mass is 9.96. The van der Waals surface area contributed by atoms with Gasteiger partial charge in [-0.25, -0.2) is 8.42 Å². The van der Waals surface area contributed by atoms with Gasteiger partial charge in [-0.15, -0.1) is 0 Å². The Hall–Kier alpha value is -0.910. The smallest absolute Gasteiger partial charge is 0.243 e. The SMILES string of the molecule is CNCCc1ccc(S(=O)(=O)N(C)C2CCCCC2)cc1. The van der Waals surface area contributed by atoms with Gasteiger partial charge in [0.1, 0.15) is 0 Å². The molecule has 0 saturated heterocycles. The monoisotopic (exact) mass is 310 g/mol. The number of likely N-dealkylation sites (N-methyl/N-ethyl adjacent to an activating group) is 1. The van der Waals surface area contributed by atoms with Gasteiger partial charge in [0.05, 0.1) is 4.90 Å². The predicted molar refractivity (Wildman–Crippen MR) is 85.9 cm³/mol. The van der Waals surface area contributed by atoms with E-state index in [2.05, 4.69) is 5.32 Å². The molecule has 21 heavy (non-hydrogen) atoms. The third-order valence-electron chi connectivity index (χ3n) is 4.35. The third kappa shape index (κ3) is 4.05. The van der Waals surface area contributed by atoms with E-state index in [0.717, 1.165) is 44.2 Å². The Kier molecular flexibility index (Phi) is 5.79. The lowest BCUT2D eigenvalue weighted by Gasteiger charge is -2.30. The molecule has 118 valence electrons. The highest BCUT2D eigenvalue weighted by Gasteiger charge is 2.28. The van der Waals surface area contributed by atoms with E-state index in [1.807, 2.05) is 19.2 Å². The molecule has 2 rings (SSSR count). The molecule has 0 aliphatic heterocycles. The summed E-state index contributed by atoms with van der Waals surface area (Å²) < 4.78 is 26.9. The number of hydrogen-bond acceptors (Lipinski definition) is 3. The highest BCUT2D eigenvalue weighted by atomic mass is 32.2. The molecule has 0 aromatic heterocycles. The molecule has 5 heteroatoms. The van der Waals surface area contributed by atoms with Gasteiger partial charge in [-0.05, 0) is 50.6 Å². The molecule has 1 aromatic rings. The molecule has 0 unspecified atom stereocenters. The number of nitrogens with zero attached hydrogens (tertiary/aromatic N) is 1. The van der Waals surface area contributed by atoms with Gasteiger partial charge in [0.15, 0.2) is 0 Å². The van der Waals surface area contributed by atoms with Crippen LogP contribution in [0.25, 0.3) is 0 Å². The standard InChI is InChI=1S/C16H26N2O2S/c1-17-13-12-14-8-10-16(11-9-14)21(19,20)18(2)15-6-4-3-5-7-15/h8-11,15,17H,3-7,12-13H2,1-2H3. The average Bonchev–Trinajstić information content (AvgIpc) is 2.53. The van der Waals surface area contributed by atoms with Crippen LogP contribution < -0.4 is 5.32 Å². The summed E-state index contributed by atoms with van der Waals surface area (Å²) >= 11 is 0. The molecule has 0 bridgehead atoms. The van der Waals surface area contributed by atoms with Gasteiger partial charge in [-0.3, -0.25) is 0 Å². The highest BCUT2D eigenvalue weighted by molar-refractivity contribution is 7.89. The lowest BCUT2D eigenvalue weighted by Crippen LogP contribution is -2.38. The Bertz CT molecular complexity index is 534. The molecule has 1 N–H and O–H groups in total. The molecule has 0 atom stereocenters. The van der Waals surface area contributed by atoms with Crippen molar-refractivity contribution in [2.75, 3.05) is 20.6 Å². The maximum atomic E-state index is 12.7. The summed E-state index contributed by atoms with van der Waals surface area (Å²) in [5.74, 6) is 0. The van der Waals surface area contributed by atoms with E-state index >= 15 is 0 Å². The molecule has 1 saturated carbocycles. The number of rotatable bonds is 6. The topological polar surface area (TPSA) is 49.4 Å². The van der Waals surface area contributed by atoms with Gasteiger partial charge in [-0.1, -0.05) is 31.4 Å². The first-order valence-electron chi connectivity index (χ1n) is 7.77. The Balaban J connectivity index is 2.10. The molecule has 0 spiro atoms. The van der Waals surface area contributed by atoms with E-state index in [-0.39, 0.29) is 6.04 Å². The molecule has 1 fully saturated rings. The van der Waals surface area contributed by atoms with Crippen molar-refractivity contribution in [2.45, 2.75) is 49.5 Å². The molecule has 0 amide bonds. The summed E-state index contributed by atoms with van der Waals surface area (Å²) in [5, 5.41) is 3.10. The van der Waals surface area contributed by atoms with Gasteiger partial charge in [0.2, 0.25) is 10.0 Å². The van der Waals surface area contributed by atoms with Crippen LogP contribution in [0.4, 0.5) is 0 Å². The molecule has 0 heterocycles. The third-order valence-corrected chi connectivity index (χ3v) is 6.28. The molecule has 1 aliphatic carbocycles. The zero-order chi connectivity index (χ0) is 15.3. The Morgan fingerprint density at radius 1 is 1.14 bits per heavy atom. The summed E-state index contributed by atoms with van der Waals surface area (Å²) in [7, 11) is 0.279. The van der Waals surface area contributed by atoms with Crippen molar-refractivity contribution in [3.8, 4) is 0 Å². The largest absolute Gasteiger partial charge is 0.319 e. The van der Waals surface area contributed by atoms with Gasteiger partial charge in [0, 0.05) is 13.1 Å². The summed E-state index contributed by atoms with van der Waals surface area (Å²) in [6.45, 7) is 0.897. The fourth-order valence-corrected chi connectivity index (χ4v) is 4.32. The fourth-order valence-electron chi connectivity index (χ4n) is 2.90. The summed E-state index contributed by atoms with van der Waals surface area (Å²) in [6.07, 6.45) is 6.37. The first-order chi connectivity index (χ1) is 10.1. The zero-order valence-electron chi connectivity index (χ0n) is 13.0. The van der Waals surface area contributed by atoms with Crippen molar-refractivity contribution < 1.29 is 8.42 Å². The Labute approximate surface area is 128 Å². The van der Waals surface area contributed by atoms with Crippen LogP contribution in [0, 0.1) is 0 Å². The minimum Gasteiger partial charge on any atom is -0.319 e. The predicted octanol–water partition coefficient (Wildman–Crippen LogP) is 2.40. The molecule has 1 aliphatic rings. The average molecular weight is 310 g/mol. The quantitative estimate of drug-likeness (QED) is 0.878. The summed E-state index contributed by atoms with van der Waals surface area (Å²) in [6, 6.07) is 7.46. The minimum absolute atomic E-state index is 0.160. The van der Waals surface area contributed by atoms with Crippen molar-refractivity contribution >= 4 is 10.0 Å². The number of sulfonamides is 1. The zero-order valence-corrected chi connectivity index (χ0v) is 13.8. The fraction of sp³-hybridized carbons (Fsp3) is 0.625. The molecule has 1 aromatic carbocycles. The van der Waals surface area contributed by atoms with Gasteiger partial charge < -0.3 is 5.32 Å². The van der Waals surface area contributed by atoms with E-state index in [1.165, 1.54) is 6.42 Å². The Morgan fingerprint density at radius 2 is 1.76 bits per heavy atom. The van der Waals surface area contributed by atoms with Crippen LogP contribution in [0.15, 0.2) is 29.2 Å². The number of hydrogen-bond donors (Lipinski definition) is 1. The van der Waals surface area contributed by atoms with Gasteiger partial charge in [-0.2, -0.15) is 4.31 Å². The minimum atomic E-state index is -3.36. The number of nitrogens with one attached hydrogen (secondary N) is 1. The summed E-state index contributed by atoms with van der Waals surface area (Å²) in [4.78, 5) is 0.406. The van der Waals surface area contributed by atoms with Crippen LogP contribution in [0.2, 0.25) is 0 Å². The van der Waals surface area contributed by atoms with E-state index in [9.17, 15) is 8.42 Å². The molecule has 0 radical (unpaired) electrons. The van der Waals surface area contributed by atoms with Gasteiger partial charge in [0.25, 0.3) is 0 Å². The van der Waals surface area contributed by atoms with Crippen molar-refractivity contribution in [3.63, 3.8) is 0 Å². The van der Waals surface area contributed by atoms with E-state index in [4.69, 9.17) is 0 Å².